The molecule has 0 unspecified atom stereocenters. The molecule has 9 nitrogen and oxygen atoms in total. The van der Waals surface area contributed by atoms with Crippen LogP contribution in [-0.2, 0) is 6.54 Å². The van der Waals surface area contributed by atoms with Gasteiger partial charge < -0.3 is 5.32 Å². The Hall–Kier alpha value is -3.59. The van der Waals surface area contributed by atoms with Gasteiger partial charge >= 0.3 is 0 Å². The largest absolute Gasteiger partial charge is 0.365 e. The van der Waals surface area contributed by atoms with Crippen LogP contribution in [-0.4, -0.2) is 26.0 Å². The number of rotatable bonds is 5. The molecule has 1 aromatic heterocycles. The summed E-state index contributed by atoms with van der Waals surface area (Å²) in [6.45, 7) is 0.435. The molecule has 3 aromatic rings. The minimum Gasteiger partial charge on any atom is -0.365 e. The highest BCUT2D eigenvalue weighted by Crippen LogP contribution is 2.24. The first-order valence-electron chi connectivity index (χ1n) is 7.25. The molecule has 126 valence electrons. The van der Waals surface area contributed by atoms with Crippen molar-refractivity contribution in [2.45, 2.75) is 6.54 Å². The average molecular weight is 339 g/mol. The van der Waals surface area contributed by atoms with E-state index in [1.54, 1.807) is 35.8 Å². The highest BCUT2D eigenvalue weighted by Gasteiger charge is 2.10. The molecule has 0 spiro atoms. The summed E-state index contributed by atoms with van der Waals surface area (Å²) in [6, 6.07) is 11.1. The molecule has 0 radical (unpaired) electrons. The van der Waals surface area contributed by atoms with E-state index in [1.807, 2.05) is 0 Å². The van der Waals surface area contributed by atoms with E-state index in [1.165, 1.54) is 18.5 Å². The number of hydrogen-bond donors (Lipinski definition) is 3. The molecule has 3 N–H and O–H groups in total. The van der Waals surface area contributed by atoms with Crippen LogP contribution in [0.15, 0.2) is 48.8 Å². The minimum absolute atomic E-state index is 0.0325. The zero-order valence-corrected chi connectivity index (χ0v) is 12.8. The van der Waals surface area contributed by atoms with E-state index in [4.69, 9.17) is 5.21 Å². The second-order valence-electron chi connectivity index (χ2n) is 5.17. The predicted molar refractivity (Wildman–Crippen MR) is 89.2 cm³/mol. The fraction of sp³-hybridized carbons (Fsp3) is 0.0625. The summed E-state index contributed by atoms with van der Waals surface area (Å²) in [7, 11) is 0. The molecule has 0 aliphatic heterocycles. The van der Waals surface area contributed by atoms with Crippen molar-refractivity contribution >= 4 is 28.3 Å². The Labute approximate surface area is 141 Å². The molecular weight excluding hydrogens is 326 g/mol. The fourth-order valence-electron chi connectivity index (χ4n) is 2.32. The van der Waals surface area contributed by atoms with Crippen molar-refractivity contribution in [3.8, 4) is 0 Å². The first-order chi connectivity index (χ1) is 12.1. The van der Waals surface area contributed by atoms with Crippen molar-refractivity contribution in [3.05, 3.63) is 70.0 Å². The highest BCUT2D eigenvalue weighted by molar-refractivity contribution is 5.93. The van der Waals surface area contributed by atoms with Gasteiger partial charge in [0.1, 0.15) is 12.1 Å². The van der Waals surface area contributed by atoms with Gasteiger partial charge in [-0.1, -0.05) is 12.1 Å². The number of nitro groups is 1. The van der Waals surface area contributed by atoms with Gasteiger partial charge in [0.15, 0.2) is 0 Å². The lowest BCUT2D eigenvalue weighted by Crippen LogP contribution is -2.18. The summed E-state index contributed by atoms with van der Waals surface area (Å²) in [5, 5.41) is 23.3. The molecular formula is C16H13N5O4. The van der Waals surface area contributed by atoms with Crippen molar-refractivity contribution in [2.75, 3.05) is 5.32 Å². The van der Waals surface area contributed by atoms with Crippen molar-refractivity contribution < 1.29 is 14.9 Å². The molecule has 0 fully saturated rings. The quantitative estimate of drug-likeness (QED) is 0.369. The van der Waals surface area contributed by atoms with Crippen LogP contribution >= 0.6 is 0 Å². The molecule has 25 heavy (non-hydrogen) atoms. The third kappa shape index (κ3) is 3.51. The summed E-state index contributed by atoms with van der Waals surface area (Å²) >= 11 is 0. The molecule has 1 heterocycles. The number of benzene rings is 2. The number of carbonyl (C=O) groups is 1. The topological polar surface area (TPSA) is 130 Å². The lowest BCUT2D eigenvalue weighted by atomic mass is 10.1. The zero-order chi connectivity index (χ0) is 17.8. The van der Waals surface area contributed by atoms with Gasteiger partial charge in [0.25, 0.3) is 11.6 Å². The summed E-state index contributed by atoms with van der Waals surface area (Å²) in [6.07, 6.45) is 1.34. The normalized spacial score (nSPS) is 10.4. The van der Waals surface area contributed by atoms with Gasteiger partial charge in [0.2, 0.25) is 0 Å². The Morgan fingerprint density at radius 2 is 1.92 bits per heavy atom. The van der Waals surface area contributed by atoms with Gasteiger partial charge in [-0.2, -0.15) is 0 Å². The summed E-state index contributed by atoms with van der Waals surface area (Å²) in [5.74, 6) is -0.0278. The van der Waals surface area contributed by atoms with Crippen molar-refractivity contribution in [1.82, 2.24) is 15.4 Å². The monoisotopic (exact) mass is 339 g/mol. The molecule has 9 heteroatoms. The Balaban J connectivity index is 1.79. The van der Waals surface area contributed by atoms with Crippen LogP contribution in [0.25, 0.3) is 10.9 Å². The average Bonchev–Trinajstić information content (AvgIpc) is 2.65. The Morgan fingerprint density at radius 3 is 2.60 bits per heavy atom. The van der Waals surface area contributed by atoms with E-state index in [0.717, 1.165) is 5.56 Å². The van der Waals surface area contributed by atoms with Gasteiger partial charge in [-0.15, -0.1) is 0 Å². The van der Waals surface area contributed by atoms with Crippen LogP contribution in [0.5, 0.6) is 0 Å². The second kappa shape index (κ2) is 6.89. The molecule has 0 saturated carbocycles. The number of amides is 1. The Bertz CT molecular complexity index is 943. The van der Waals surface area contributed by atoms with E-state index in [2.05, 4.69) is 15.3 Å². The minimum atomic E-state index is -0.581. The smallest absolute Gasteiger partial charge is 0.274 e. The van der Waals surface area contributed by atoms with Crippen LogP contribution in [0.1, 0.15) is 15.9 Å². The van der Waals surface area contributed by atoms with E-state index in [0.29, 0.717) is 28.8 Å². The van der Waals surface area contributed by atoms with Crippen molar-refractivity contribution in [3.63, 3.8) is 0 Å². The summed E-state index contributed by atoms with van der Waals surface area (Å²) < 4.78 is 0. The molecule has 0 atom stereocenters. The van der Waals surface area contributed by atoms with Crippen LogP contribution in [0.2, 0.25) is 0 Å². The number of hydrogen-bond acceptors (Lipinski definition) is 7. The first-order valence-corrected chi connectivity index (χ1v) is 7.25. The second-order valence-corrected chi connectivity index (χ2v) is 5.17. The molecule has 0 aliphatic rings. The Morgan fingerprint density at radius 1 is 1.16 bits per heavy atom. The van der Waals surface area contributed by atoms with E-state index in [-0.39, 0.29) is 5.69 Å². The van der Waals surface area contributed by atoms with Gasteiger partial charge in [0, 0.05) is 29.6 Å². The van der Waals surface area contributed by atoms with Crippen LogP contribution in [0.4, 0.5) is 11.5 Å². The van der Waals surface area contributed by atoms with Gasteiger partial charge in [-0.05, 0) is 23.8 Å². The number of hydroxylamine groups is 1. The van der Waals surface area contributed by atoms with E-state index >= 15 is 0 Å². The fourth-order valence-corrected chi connectivity index (χ4v) is 2.32. The van der Waals surface area contributed by atoms with Crippen LogP contribution < -0.4 is 10.8 Å². The number of fused-ring (bicyclic) bond motifs is 1. The van der Waals surface area contributed by atoms with Crippen molar-refractivity contribution in [2.24, 2.45) is 0 Å². The SMILES string of the molecule is O=C(NO)c1ccc(CNc2ncnc3cc([N+](=O)[O-])ccc23)cc1. The number of nitrogens with zero attached hydrogens (tertiary/aromatic N) is 3. The number of nitro benzene ring substituents is 1. The summed E-state index contributed by atoms with van der Waals surface area (Å²) in [4.78, 5) is 29.9. The predicted octanol–water partition coefficient (Wildman–Crippen LogP) is 2.27. The molecule has 1 amide bonds. The lowest BCUT2D eigenvalue weighted by Gasteiger charge is -2.09. The van der Waals surface area contributed by atoms with Gasteiger partial charge in [-0.3, -0.25) is 20.1 Å². The highest BCUT2D eigenvalue weighted by atomic mass is 16.6. The van der Waals surface area contributed by atoms with Crippen molar-refractivity contribution in [1.29, 1.82) is 0 Å². The third-order valence-electron chi connectivity index (χ3n) is 3.61. The number of nitrogens with one attached hydrogen (secondary N) is 2. The van der Waals surface area contributed by atoms with Gasteiger partial charge in [0.05, 0.1) is 10.4 Å². The number of carbonyl (C=O) groups excluding carboxylic acids is 1. The molecule has 0 aliphatic carbocycles. The molecule has 0 saturated heterocycles. The Kier molecular flexibility index (Phi) is 4.48. The van der Waals surface area contributed by atoms with Crippen LogP contribution in [0, 0.1) is 10.1 Å². The maximum Gasteiger partial charge on any atom is 0.274 e. The maximum absolute atomic E-state index is 11.3. The van der Waals surface area contributed by atoms with E-state index in [9.17, 15) is 14.9 Å². The lowest BCUT2D eigenvalue weighted by molar-refractivity contribution is -0.384. The number of non-ortho nitro benzene ring substituents is 1. The molecule has 2 aromatic carbocycles. The summed E-state index contributed by atoms with van der Waals surface area (Å²) in [5.41, 5.74) is 3.24. The number of aromatic nitrogens is 2. The molecule has 3 rings (SSSR count). The first kappa shape index (κ1) is 16.3. The molecule has 0 bridgehead atoms. The standard InChI is InChI=1S/C16H13N5O4/c22-16(20-23)11-3-1-10(2-4-11)8-17-15-13-6-5-12(21(24)25)7-14(13)18-9-19-15/h1-7,9,23H,8H2,(H,20,22)(H,17,18,19). The zero-order valence-electron chi connectivity index (χ0n) is 12.8. The number of anilines is 1. The van der Waals surface area contributed by atoms with Gasteiger partial charge in [-0.25, -0.2) is 15.4 Å². The van der Waals surface area contributed by atoms with E-state index < -0.39 is 10.8 Å². The van der Waals surface area contributed by atoms with Crippen LogP contribution in [0.3, 0.4) is 0 Å². The third-order valence-corrected chi connectivity index (χ3v) is 3.61. The maximum atomic E-state index is 11.3.